The molecular formula is C34H37N7O8. The first-order valence-electron chi connectivity index (χ1n) is 15.3. The van der Waals surface area contributed by atoms with Crippen LogP contribution in [0.3, 0.4) is 0 Å². The molecule has 2 atom stereocenters. The van der Waals surface area contributed by atoms with Crippen molar-refractivity contribution >= 4 is 46.8 Å². The lowest BCUT2D eigenvalue weighted by Crippen LogP contribution is -2.49. The summed E-state index contributed by atoms with van der Waals surface area (Å²) in [4.78, 5) is 63.6. The first-order valence-corrected chi connectivity index (χ1v) is 15.3. The number of carbonyl (C=O) groups excluding carboxylic acids is 2. The molecule has 3 aromatic rings. The van der Waals surface area contributed by atoms with Crippen molar-refractivity contribution in [2.45, 2.75) is 58.0 Å². The van der Waals surface area contributed by atoms with Crippen molar-refractivity contribution in [2.24, 2.45) is 10.9 Å². The molecule has 0 spiro atoms. The minimum Gasteiger partial charge on any atom is -0.481 e. The number of guanidine groups is 1. The van der Waals surface area contributed by atoms with Gasteiger partial charge in [0.05, 0.1) is 29.5 Å². The molecule has 0 aromatic heterocycles. The maximum atomic E-state index is 13.4. The predicted octanol–water partition coefficient (Wildman–Crippen LogP) is 4.19. The van der Waals surface area contributed by atoms with Crippen molar-refractivity contribution in [2.75, 3.05) is 5.32 Å². The molecule has 0 saturated carbocycles. The second kappa shape index (κ2) is 18.1. The number of amides is 2. The van der Waals surface area contributed by atoms with E-state index >= 15 is 0 Å². The van der Waals surface area contributed by atoms with E-state index in [9.17, 15) is 34.4 Å². The number of non-ortho nitro benzene ring substituents is 1. The van der Waals surface area contributed by atoms with Gasteiger partial charge in [0.25, 0.3) is 5.69 Å². The third kappa shape index (κ3) is 12.8. The Balaban J connectivity index is 1.66. The Hall–Kier alpha value is -6.30. The summed E-state index contributed by atoms with van der Waals surface area (Å²) in [6.45, 7) is 3.78. The molecule has 6 N–H and O–H groups in total. The monoisotopic (exact) mass is 671 g/mol. The van der Waals surface area contributed by atoms with E-state index < -0.39 is 47.2 Å². The molecule has 3 rings (SSSR count). The highest BCUT2D eigenvalue weighted by molar-refractivity contribution is 5.96. The average Bonchev–Trinajstić information content (AvgIpc) is 3.04. The molecule has 0 aliphatic carbocycles. The quantitative estimate of drug-likeness (QED) is 0.0315. The van der Waals surface area contributed by atoms with Gasteiger partial charge in [0.1, 0.15) is 6.04 Å². The van der Waals surface area contributed by atoms with Crippen molar-refractivity contribution in [3.05, 3.63) is 99.6 Å². The van der Waals surface area contributed by atoms with Crippen LogP contribution in [0.1, 0.15) is 55.8 Å². The summed E-state index contributed by atoms with van der Waals surface area (Å²) in [5, 5.41) is 49.3. The Kier molecular flexibility index (Phi) is 13.8. The molecular weight excluding hydrogens is 634 g/mol. The molecule has 0 bridgehead atoms. The fraction of sp³-hybridized carbons (Fsp3) is 0.294. The molecule has 0 aliphatic heterocycles. The molecule has 0 heterocycles. The van der Waals surface area contributed by atoms with Crippen LogP contribution in [0.25, 0.3) is 0 Å². The van der Waals surface area contributed by atoms with Crippen LogP contribution in [0, 0.1) is 27.5 Å². The standard InChI is InChI=1S/C34H37N7O8/c1-21(2)17-29(33(47)40-28(19-32(45)46)24-8-3-22(4-9-24)7-16-31(43)44)39-30(42)18-23-5-10-25(11-6-23)37-34(36-20-35)38-26-12-14-27(15-13-26)41(48)49/h3-6,8-15,21,28-29H,7,16-19H2,1-2H3,(H,39,42)(H,40,47)(H,43,44)(H,45,46)(H2,36,37,38). The number of carboxylic acids is 2. The predicted molar refractivity (Wildman–Crippen MR) is 180 cm³/mol. The molecule has 3 aromatic carbocycles. The number of carbonyl (C=O) groups is 4. The van der Waals surface area contributed by atoms with E-state index in [4.69, 9.17) is 10.4 Å². The Bertz CT molecular complexity index is 1700. The summed E-state index contributed by atoms with van der Waals surface area (Å²) in [6, 6.07) is 17.0. The fourth-order valence-corrected chi connectivity index (χ4v) is 4.76. The number of hydrogen-bond acceptors (Lipinski definition) is 8. The zero-order valence-electron chi connectivity index (χ0n) is 26.9. The van der Waals surface area contributed by atoms with E-state index in [1.807, 2.05) is 13.8 Å². The van der Waals surface area contributed by atoms with Gasteiger partial charge in [-0.15, -0.1) is 0 Å². The van der Waals surface area contributed by atoms with Crippen LogP contribution in [0.15, 0.2) is 77.8 Å². The summed E-state index contributed by atoms with van der Waals surface area (Å²) < 4.78 is 0. The molecule has 2 amide bonds. The average molecular weight is 672 g/mol. The number of rotatable bonds is 16. The summed E-state index contributed by atoms with van der Waals surface area (Å²) in [5.41, 5.74) is 2.71. The van der Waals surface area contributed by atoms with Gasteiger partial charge in [0, 0.05) is 24.2 Å². The van der Waals surface area contributed by atoms with Crippen LogP contribution < -0.4 is 21.3 Å². The molecule has 0 fully saturated rings. The van der Waals surface area contributed by atoms with Gasteiger partial charge in [-0.05, 0) is 59.7 Å². The van der Waals surface area contributed by atoms with Crippen molar-refractivity contribution in [3.63, 3.8) is 0 Å². The van der Waals surface area contributed by atoms with Crippen molar-refractivity contribution < 1.29 is 34.3 Å². The first kappa shape index (κ1) is 37.2. The Morgan fingerprint density at radius 2 is 1.53 bits per heavy atom. The number of hydrogen-bond donors (Lipinski definition) is 6. The largest absolute Gasteiger partial charge is 0.481 e. The van der Waals surface area contributed by atoms with Gasteiger partial charge in [-0.25, -0.2) is 4.99 Å². The molecule has 2 unspecified atom stereocenters. The van der Waals surface area contributed by atoms with E-state index in [0.717, 1.165) is 5.56 Å². The lowest BCUT2D eigenvalue weighted by Gasteiger charge is -2.24. The number of nitrogens with zero attached hydrogens (tertiary/aromatic N) is 3. The Morgan fingerprint density at radius 1 is 0.898 bits per heavy atom. The van der Waals surface area contributed by atoms with Crippen molar-refractivity contribution in [1.29, 1.82) is 5.26 Å². The van der Waals surface area contributed by atoms with E-state index in [1.54, 1.807) is 54.7 Å². The number of aliphatic carboxylic acids is 2. The van der Waals surface area contributed by atoms with E-state index in [1.165, 1.54) is 24.3 Å². The van der Waals surface area contributed by atoms with Crippen LogP contribution in [0.4, 0.5) is 17.1 Å². The lowest BCUT2D eigenvalue weighted by atomic mass is 9.98. The van der Waals surface area contributed by atoms with Crippen LogP contribution in [-0.2, 0) is 32.0 Å². The number of anilines is 1. The highest BCUT2D eigenvalue weighted by Gasteiger charge is 2.26. The Labute approximate surface area is 282 Å². The Morgan fingerprint density at radius 3 is 2.08 bits per heavy atom. The first-order chi connectivity index (χ1) is 23.3. The van der Waals surface area contributed by atoms with E-state index in [-0.39, 0.29) is 30.4 Å². The minimum absolute atomic E-state index is 0.0248. The van der Waals surface area contributed by atoms with Crippen LogP contribution in [0.5, 0.6) is 0 Å². The molecule has 0 saturated heterocycles. The second-order valence-electron chi connectivity index (χ2n) is 11.5. The van der Waals surface area contributed by atoms with Gasteiger partial charge in [0.15, 0.2) is 6.19 Å². The number of aryl methyl sites for hydroxylation is 1. The van der Waals surface area contributed by atoms with E-state index in [0.29, 0.717) is 35.3 Å². The maximum absolute atomic E-state index is 13.4. The lowest BCUT2D eigenvalue weighted by molar-refractivity contribution is -0.384. The highest BCUT2D eigenvalue weighted by Crippen LogP contribution is 2.21. The van der Waals surface area contributed by atoms with Gasteiger partial charge in [0.2, 0.25) is 17.8 Å². The van der Waals surface area contributed by atoms with Gasteiger partial charge in [-0.2, -0.15) is 5.26 Å². The summed E-state index contributed by atoms with van der Waals surface area (Å²) in [7, 11) is 0. The molecule has 0 aliphatic rings. The second-order valence-corrected chi connectivity index (χ2v) is 11.5. The van der Waals surface area contributed by atoms with Gasteiger partial charge in [-0.3, -0.25) is 34.6 Å². The maximum Gasteiger partial charge on any atom is 0.305 e. The number of benzene rings is 3. The highest BCUT2D eigenvalue weighted by atomic mass is 16.6. The van der Waals surface area contributed by atoms with Crippen molar-refractivity contribution in [1.82, 2.24) is 16.0 Å². The number of nitrogens with one attached hydrogen (secondary N) is 4. The molecule has 256 valence electrons. The molecule has 15 heteroatoms. The van der Waals surface area contributed by atoms with Crippen molar-refractivity contribution in [3.8, 4) is 6.19 Å². The minimum atomic E-state index is -1.13. The summed E-state index contributed by atoms with van der Waals surface area (Å²) in [5.74, 6) is -2.93. The number of carboxylic acid groups (broad SMARTS) is 2. The van der Waals surface area contributed by atoms with Crippen LogP contribution in [0.2, 0.25) is 0 Å². The topological polar surface area (TPSA) is 236 Å². The molecule has 49 heavy (non-hydrogen) atoms. The molecule has 0 radical (unpaired) electrons. The van der Waals surface area contributed by atoms with Crippen LogP contribution in [-0.4, -0.2) is 50.9 Å². The smallest absolute Gasteiger partial charge is 0.305 e. The summed E-state index contributed by atoms with van der Waals surface area (Å²) >= 11 is 0. The number of aliphatic imine (C=N–C) groups is 1. The fourth-order valence-electron chi connectivity index (χ4n) is 4.76. The number of nitriles is 1. The van der Waals surface area contributed by atoms with Gasteiger partial charge < -0.3 is 26.2 Å². The zero-order chi connectivity index (χ0) is 35.9. The third-order valence-electron chi connectivity index (χ3n) is 7.12. The zero-order valence-corrected chi connectivity index (χ0v) is 26.9. The van der Waals surface area contributed by atoms with Crippen LogP contribution >= 0.6 is 0 Å². The summed E-state index contributed by atoms with van der Waals surface area (Å²) in [6.07, 6.45) is 1.89. The number of nitro benzene ring substituents is 1. The number of nitro groups is 1. The van der Waals surface area contributed by atoms with Gasteiger partial charge >= 0.3 is 11.9 Å². The van der Waals surface area contributed by atoms with E-state index in [2.05, 4.69) is 26.3 Å². The normalized spacial score (nSPS) is 12.2. The SMILES string of the molecule is CC(C)CC(NC(=O)Cc1ccc(NC(=Nc2ccc([N+](=O)[O-])cc2)NC#N)cc1)C(=O)NC(CC(=O)O)c1ccc(CCC(=O)O)cc1. The molecule has 15 nitrogen and oxygen atoms in total. The third-order valence-corrected chi connectivity index (χ3v) is 7.12. The van der Waals surface area contributed by atoms with Gasteiger partial charge in [-0.1, -0.05) is 50.2 Å².